The highest BCUT2D eigenvalue weighted by molar-refractivity contribution is 5.98. The van der Waals surface area contributed by atoms with E-state index in [4.69, 9.17) is 14.7 Å². The van der Waals surface area contributed by atoms with Gasteiger partial charge in [0, 0.05) is 24.7 Å². The Bertz CT molecular complexity index is 883. The lowest BCUT2D eigenvalue weighted by Gasteiger charge is -2.09. The van der Waals surface area contributed by atoms with Crippen molar-refractivity contribution in [3.63, 3.8) is 0 Å². The molecule has 0 atom stereocenters. The molecule has 27 heavy (non-hydrogen) atoms. The number of nitriles is 2. The Balaban J connectivity index is 2.43. The van der Waals surface area contributed by atoms with Gasteiger partial charge in [-0.15, -0.1) is 0 Å². The number of carbonyl (C=O) groups is 1. The number of hydrogen-bond acceptors (Lipinski definition) is 5. The third-order valence-corrected chi connectivity index (χ3v) is 4.28. The Kier molecular flexibility index (Phi) is 7.02. The van der Waals surface area contributed by atoms with E-state index in [0.29, 0.717) is 48.4 Å². The number of rotatable bonds is 8. The Morgan fingerprint density at radius 3 is 2.44 bits per heavy atom. The highest BCUT2D eigenvalue weighted by Gasteiger charge is 2.26. The molecule has 6 heteroatoms. The lowest BCUT2D eigenvalue weighted by atomic mass is 10.00. The van der Waals surface area contributed by atoms with E-state index in [1.807, 2.05) is 19.1 Å². The predicted molar refractivity (Wildman–Crippen MR) is 101 cm³/mol. The normalized spacial score (nSPS) is 10.1. The van der Waals surface area contributed by atoms with E-state index in [9.17, 15) is 10.1 Å². The largest absolute Gasteiger partial charge is 0.494 e. The van der Waals surface area contributed by atoms with Crippen molar-refractivity contribution >= 4 is 5.97 Å². The third-order valence-electron chi connectivity index (χ3n) is 4.28. The zero-order chi connectivity index (χ0) is 19.8. The third kappa shape index (κ3) is 4.30. The second-order valence-electron chi connectivity index (χ2n) is 5.92. The van der Waals surface area contributed by atoms with Crippen LogP contribution in [0.15, 0.2) is 24.3 Å². The van der Waals surface area contributed by atoms with Crippen molar-refractivity contribution in [2.45, 2.75) is 33.1 Å². The van der Waals surface area contributed by atoms with E-state index in [-0.39, 0.29) is 6.61 Å². The average molecular weight is 365 g/mol. The molecule has 0 aliphatic rings. The highest BCUT2D eigenvalue weighted by atomic mass is 16.5. The molecule has 140 valence electrons. The SMILES string of the molecule is CCOC(=O)c1c(-c2ccc(OCCCC#N)cc2)c(C#N)c(CC)n1C. The summed E-state index contributed by atoms with van der Waals surface area (Å²) in [4.78, 5) is 12.5. The summed E-state index contributed by atoms with van der Waals surface area (Å²) in [5.74, 6) is 0.238. The number of esters is 1. The molecule has 0 N–H and O–H groups in total. The molecule has 0 spiro atoms. The molecule has 1 heterocycles. The van der Waals surface area contributed by atoms with Crippen LogP contribution >= 0.6 is 0 Å². The molecule has 2 aromatic rings. The van der Waals surface area contributed by atoms with E-state index in [1.165, 1.54) is 0 Å². The Morgan fingerprint density at radius 1 is 1.19 bits per heavy atom. The lowest BCUT2D eigenvalue weighted by molar-refractivity contribution is 0.0516. The molecule has 2 rings (SSSR count). The summed E-state index contributed by atoms with van der Waals surface area (Å²) >= 11 is 0. The molecule has 0 fully saturated rings. The molecule has 0 radical (unpaired) electrons. The number of benzene rings is 1. The summed E-state index contributed by atoms with van der Waals surface area (Å²) in [7, 11) is 1.78. The number of aromatic nitrogens is 1. The fraction of sp³-hybridized carbons (Fsp3) is 0.381. The van der Waals surface area contributed by atoms with Gasteiger partial charge >= 0.3 is 5.97 Å². The van der Waals surface area contributed by atoms with Crippen LogP contribution in [0.3, 0.4) is 0 Å². The molecule has 1 aromatic carbocycles. The van der Waals surface area contributed by atoms with E-state index < -0.39 is 5.97 Å². The molecular formula is C21H23N3O3. The van der Waals surface area contributed by atoms with Crippen LogP contribution in [-0.2, 0) is 18.2 Å². The predicted octanol–water partition coefficient (Wildman–Crippen LogP) is 3.99. The van der Waals surface area contributed by atoms with E-state index in [2.05, 4.69) is 12.1 Å². The van der Waals surface area contributed by atoms with Crippen LogP contribution in [0, 0.1) is 22.7 Å². The maximum absolute atomic E-state index is 12.5. The molecule has 0 amide bonds. The summed E-state index contributed by atoms with van der Waals surface area (Å²) in [6, 6.07) is 11.6. The zero-order valence-corrected chi connectivity index (χ0v) is 15.9. The van der Waals surface area contributed by atoms with Crippen LogP contribution in [0.25, 0.3) is 11.1 Å². The van der Waals surface area contributed by atoms with Crippen LogP contribution in [-0.4, -0.2) is 23.8 Å². The van der Waals surface area contributed by atoms with Gasteiger partial charge in [0.05, 0.1) is 24.8 Å². The average Bonchev–Trinajstić information content (AvgIpc) is 2.97. The van der Waals surface area contributed by atoms with Gasteiger partial charge in [-0.25, -0.2) is 4.79 Å². The monoisotopic (exact) mass is 365 g/mol. The molecule has 0 unspecified atom stereocenters. The summed E-state index contributed by atoms with van der Waals surface area (Å²) < 4.78 is 12.6. The van der Waals surface area contributed by atoms with Gasteiger partial charge in [-0.2, -0.15) is 10.5 Å². The summed E-state index contributed by atoms with van der Waals surface area (Å²) in [6.45, 7) is 4.44. The number of hydrogen-bond donors (Lipinski definition) is 0. The van der Waals surface area contributed by atoms with Gasteiger partial charge in [0.2, 0.25) is 0 Å². The minimum Gasteiger partial charge on any atom is -0.494 e. The molecular weight excluding hydrogens is 342 g/mol. The van der Waals surface area contributed by atoms with Gasteiger partial charge in [-0.05, 0) is 37.5 Å². The van der Waals surface area contributed by atoms with Crippen LogP contribution in [0.5, 0.6) is 5.75 Å². The number of carbonyl (C=O) groups excluding carboxylic acids is 1. The fourth-order valence-corrected chi connectivity index (χ4v) is 3.05. The van der Waals surface area contributed by atoms with E-state index in [0.717, 1.165) is 11.3 Å². The van der Waals surface area contributed by atoms with Crippen molar-refractivity contribution in [1.82, 2.24) is 4.57 Å². The van der Waals surface area contributed by atoms with Crippen molar-refractivity contribution in [2.75, 3.05) is 13.2 Å². The van der Waals surface area contributed by atoms with E-state index in [1.54, 1.807) is 30.7 Å². The van der Waals surface area contributed by atoms with Gasteiger partial charge in [-0.3, -0.25) is 0 Å². The van der Waals surface area contributed by atoms with Gasteiger partial charge in [-0.1, -0.05) is 19.1 Å². The fourth-order valence-electron chi connectivity index (χ4n) is 3.05. The van der Waals surface area contributed by atoms with Crippen LogP contribution in [0.4, 0.5) is 0 Å². The zero-order valence-electron chi connectivity index (χ0n) is 15.9. The topological polar surface area (TPSA) is 88.0 Å². The van der Waals surface area contributed by atoms with Crippen molar-refractivity contribution in [3.8, 4) is 29.0 Å². The molecule has 1 aromatic heterocycles. The maximum atomic E-state index is 12.5. The first-order valence-corrected chi connectivity index (χ1v) is 8.97. The Morgan fingerprint density at radius 2 is 1.89 bits per heavy atom. The number of nitrogens with zero attached hydrogens (tertiary/aromatic N) is 3. The molecule has 0 bridgehead atoms. The minimum absolute atomic E-state index is 0.266. The van der Waals surface area contributed by atoms with Gasteiger partial charge < -0.3 is 14.0 Å². The van der Waals surface area contributed by atoms with Gasteiger partial charge in [0.25, 0.3) is 0 Å². The molecule has 0 saturated heterocycles. The molecule has 0 aliphatic heterocycles. The highest BCUT2D eigenvalue weighted by Crippen LogP contribution is 2.34. The number of ether oxygens (including phenoxy) is 2. The second kappa shape index (κ2) is 9.45. The first kappa shape index (κ1) is 20.1. The standard InChI is InChI=1S/C21H23N3O3/c1-4-18-17(14-23)19(20(24(18)3)21(25)26-5-2)15-8-10-16(11-9-15)27-13-7-6-12-22/h8-11H,4-7,13H2,1-3H3. The van der Waals surface area contributed by atoms with Gasteiger partial charge in [0.15, 0.2) is 0 Å². The van der Waals surface area contributed by atoms with E-state index >= 15 is 0 Å². The number of unbranched alkanes of at least 4 members (excludes halogenated alkanes) is 1. The van der Waals surface area contributed by atoms with Crippen LogP contribution in [0.2, 0.25) is 0 Å². The van der Waals surface area contributed by atoms with Crippen molar-refractivity contribution in [1.29, 1.82) is 10.5 Å². The Hall–Kier alpha value is -3.25. The van der Waals surface area contributed by atoms with Crippen LogP contribution in [0.1, 0.15) is 48.4 Å². The summed E-state index contributed by atoms with van der Waals surface area (Å²) in [6.07, 6.45) is 1.75. The second-order valence-corrected chi connectivity index (χ2v) is 5.92. The first-order valence-electron chi connectivity index (χ1n) is 8.97. The first-order chi connectivity index (χ1) is 13.1. The van der Waals surface area contributed by atoms with Crippen LogP contribution < -0.4 is 4.74 Å². The van der Waals surface area contributed by atoms with Crippen molar-refractivity contribution in [3.05, 3.63) is 41.2 Å². The molecule has 0 saturated carbocycles. The summed E-state index contributed by atoms with van der Waals surface area (Å²) in [5, 5.41) is 18.3. The van der Waals surface area contributed by atoms with Crippen molar-refractivity contribution in [2.24, 2.45) is 7.05 Å². The summed E-state index contributed by atoms with van der Waals surface area (Å²) in [5.41, 5.74) is 3.02. The molecule has 0 aliphatic carbocycles. The quantitative estimate of drug-likeness (QED) is 0.521. The van der Waals surface area contributed by atoms with Gasteiger partial charge in [0.1, 0.15) is 17.5 Å². The minimum atomic E-state index is -0.442. The lowest BCUT2D eigenvalue weighted by Crippen LogP contribution is -2.12. The smallest absolute Gasteiger partial charge is 0.355 e. The maximum Gasteiger partial charge on any atom is 0.355 e. The van der Waals surface area contributed by atoms with Crippen molar-refractivity contribution < 1.29 is 14.3 Å². The molecule has 6 nitrogen and oxygen atoms in total. The Labute approximate surface area is 159 Å².